The molecule has 19 heavy (non-hydrogen) atoms. The number of benzene rings is 1. The molecule has 0 aliphatic rings. The summed E-state index contributed by atoms with van der Waals surface area (Å²) in [6, 6.07) is 2.61. The van der Waals surface area contributed by atoms with Gasteiger partial charge in [0.05, 0.1) is 10.6 Å². The first-order valence-electron chi connectivity index (χ1n) is 5.23. The Hall–Kier alpha value is -1.15. The highest BCUT2D eigenvalue weighted by Crippen LogP contribution is 2.35. The number of nitrogens with zero attached hydrogens (tertiary/aromatic N) is 1. The van der Waals surface area contributed by atoms with E-state index in [0.717, 1.165) is 0 Å². The second kappa shape index (κ2) is 5.87. The molecule has 0 saturated carbocycles. The number of amides is 1. The van der Waals surface area contributed by atoms with Crippen molar-refractivity contribution in [2.24, 2.45) is 0 Å². The first kappa shape index (κ1) is 15.9. The molecule has 0 unspecified atom stereocenters. The molecule has 0 aromatic heterocycles. The van der Waals surface area contributed by atoms with Gasteiger partial charge in [0.25, 0.3) is 5.69 Å². The fraction of sp³-hybridized carbons (Fsp3) is 0.364. The summed E-state index contributed by atoms with van der Waals surface area (Å²) in [5.41, 5.74) is -0.336. The van der Waals surface area contributed by atoms with Crippen molar-refractivity contribution in [3.63, 3.8) is 0 Å². The number of rotatable bonds is 2. The topological polar surface area (TPSA) is 81.5 Å². The predicted molar refractivity (Wildman–Crippen MR) is 78.4 cm³/mol. The molecule has 104 valence electrons. The van der Waals surface area contributed by atoms with Crippen LogP contribution in [0.25, 0.3) is 0 Å². The Bertz CT molecular complexity index is 503. The molecular formula is C11H12Br2N2O4. The molecule has 1 N–H and O–H groups in total. The Balaban J connectivity index is 2.97. The van der Waals surface area contributed by atoms with Crippen LogP contribution in [0.3, 0.4) is 0 Å². The fourth-order valence-corrected chi connectivity index (χ4v) is 2.55. The number of anilines is 1. The van der Waals surface area contributed by atoms with E-state index in [1.54, 1.807) is 20.8 Å². The van der Waals surface area contributed by atoms with E-state index in [1.165, 1.54) is 12.1 Å². The van der Waals surface area contributed by atoms with E-state index >= 15 is 0 Å². The van der Waals surface area contributed by atoms with Crippen molar-refractivity contribution in [1.82, 2.24) is 0 Å². The Morgan fingerprint density at radius 1 is 1.32 bits per heavy atom. The Morgan fingerprint density at radius 3 is 2.16 bits per heavy atom. The molecule has 0 spiro atoms. The molecule has 0 bridgehead atoms. The number of halogens is 2. The van der Waals surface area contributed by atoms with Crippen LogP contribution in [0.2, 0.25) is 0 Å². The summed E-state index contributed by atoms with van der Waals surface area (Å²) in [5.74, 6) is 0. The van der Waals surface area contributed by atoms with Crippen molar-refractivity contribution in [3.05, 3.63) is 31.2 Å². The molecule has 0 fully saturated rings. The molecule has 6 nitrogen and oxygen atoms in total. The summed E-state index contributed by atoms with van der Waals surface area (Å²) < 4.78 is 5.88. The highest BCUT2D eigenvalue weighted by molar-refractivity contribution is 9.11. The van der Waals surface area contributed by atoms with Crippen LogP contribution in [0.1, 0.15) is 20.8 Å². The fourth-order valence-electron chi connectivity index (χ4n) is 1.19. The number of hydrogen-bond acceptors (Lipinski definition) is 4. The van der Waals surface area contributed by atoms with Crippen molar-refractivity contribution in [1.29, 1.82) is 0 Å². The van der Waals surface area contributed by atoms with Gasteiger partial charge in [0.2, 0.25) is 0 Å². The zero-order valence-electron chi connectivity index (χ0n) is 10.5. The number of nitro groups is 1. The number of nitro benzene ring substituents is 1. The summed E-state index contributed by atoms with van der Waals surface area (Å²) in [4.78, 5) is 21.8. The van der Waals surface area contributed by atoms with Crippen molar-refractivity contribution >= 4 is 49.3 Å². The van der Waals surface area contributed by atoms with Gasteiger partial charge in [-0.3, -0.25) is 15.4 Å². The molecular weight excluding hydrogens is 384 g/mol. The quantitative estimate of drug-likeness (QED) is 0.591. The van der Waals surface area contributed by atoms with Crippen LogP contribution in [-0.4, -0.2) is 16.6 Å². The summed E-state index contributed by atoms with van der Waals surface area (Å²) in [6.07, 6.45) is -0.636. The van der Waals surface area contributed by atoms with Crippen LogP contribution in [0.15, 0.2) is 21.1 Å². The van der Waals surface area contributed by atoms with E-state index in [1.807, 2.05) is 0 Å². The first-order valence-corrected chi connectivity index (χ1v) is 6.82. The lowest BCUT2D eigenvalue weighted by Crippen LogP contribution is -2.27. The molecule has 1 rings (SSSR count). The van der Waals surface area contributed by atoms with E-state index < -0.39 is 16.6 Å². The van der Waals surface area contributed by atoms with Gasteiger partial charge in [-0.05, 0) is 52.6 Å². The second-order valence-corrected chi connectivity index (χ2v) is 6.38. The highest BCUT2D eigenvalue weighted by atomic mass is 79.9. The van der Waals surface area contributed by atoms with E-state index in [0.29, 0.717) is 14.6 Å². The number of nitrogens with one attached hydrogen (secondary N) is 1. The average molecular weight is 396 g/mol. The predicted octanol–water partition coefficient (Wildman–Crippen LogP) is 4.47. The molecule has 1 aromatic rings. The maximum Gasteiger partial charge on any atom is 0.412 e. The molecule has 0 heterocycles. The number of hydrogen-bond donors (Lipinski definition) is 1. The van der Waals surface area contributed by atoms with Gasteiger partial charge >= 0.3 is 6.09 Å². The number of non-ortho nitro benzene ring substituents is 1. The van der Waals surface area contributed by atoms with Gasteiger partial charge in [-0.1, -0.05) is 0 Å². The van der Waals surface area contributed by atoms with Crippen LogP contribution in [0.4, 0.5) is 16.2 Å². The number of carbonyl (C=O) groups excluding carboxylic acids is 1. The SMILES string of the molecule is CC(C)(C)OC(=O)Nc1c(Br)cc([N+](=O)[O-])cc1Br. The van der Waals surface area contributed by atoms with Crippen molar-refractivity contribution in [3.8, 4) is 0 Å². The Labute approximate surface area is 126 Å². The molecule has 0 radical (unpaired) electrons. The maximum atomic E-state index is 11.6. The zero-order chi connectivity index (χ0) is 14.8. The average Bonchev–Trinajstić information content (AvgIpc) is 2.20. The molecule has 1 aromatic carbocycles. The molecule has 1 amide bonds. The second-order valence-electron chi connectivity index (χ2n) is 4.67. The molecule has 0 aliphatic carbocycles. The van der Waals surface area contributed by atoms with Gasteiger partial charge in [0.1, 0.15) is 5.60 Å². The van der Waals surface area contributed by atoms with E-state index in [9.17, 15) is 14.9 Å². The maximum absolute atomic E-state index is 11.6. The monoisotopic (exact) mass is 394 g/mol. The minimum absolute atomic E-state index is 0.0894. The largest absolute Gasteiger partial charge is 0.444 e. The third-order valence-electron chi connectivity index (χ3n) is 1.86. The highest BCUT2D eigenvalue weighted by Gasteiger charge is 2.20. The van der Waals surface area contributed by atoms with Crippen LogP contribution in [0.5, 0.6) is 0 Å². The zero-order valence-corrected chi connectivity index (χ0v) is 13.7. The lowest BCUT2D eigenvalue weighted by atomic mass is 10.2. The molecule has 0 saturated heterocycles. The van der Waals surface area contributed by atoms with Gasteiger partial charge < -0.3 is 4.74 Å². The van der Waals surface area contributed by atoms with Crippen molar-refractivity contribution < 1.29 is 14.5 Å². The Kier molecular flexibility index (Phi) is 4.92. The minimum Gasteiger partial charge on any atom is -0.444 e. The van der Waals surface area contributed by atoms with Gasteiger partial charge in [0, 0.05) is 21.1 Å². The smallest absolute Gasteiger partial charge is 0.412 e. The standard InChI is InChI=1S/C11H12Br2N2O4/c1-11(2,3)19-10(16)14-9-7(12)4-6(15(17)18)5-8(9)13/h4-5H,1-3H3,(H,14,16). The van der Waals surface area contributed by atoms with Gasteiger partial charge in [-0.15, -0.1) is 0 Å². The number of carbonyl (C=O) groups is 1. The summed E-state index contributed by atoms with van der Waals surface area (Å²) >= 11 is 6.34. The van der Waals surface area contributed by atoms with Crippen molar-refractivity contribution in [2.75, 3.05) is 5.32 Å². The van der Waals surface area contributed by atoms with Crippen LogP contribution < -0.4 is 5.32 Å². The van der Waals surface area contributed by atoms with E-state index in [4.69, 9.17) is 4.74 Å². The first-order chi connectivity index (χ1) is 8.60. The molecule has 0 atom stereocenters. The van der Waals surface area contributed by atoms with E-state index in [-0.39, 0.29) is 5.69 Å². The van der Waals surface area contributed by atoms with Crippen LogP contribution in [0, 0.1) is 10.1 Å². The minimum atomic E-state index is -0.636. The number of ether oxygens (including phenoxy) is 1. The van der Waals surface area contributed by atoms with Crippen LogP contribution >= 0.6 is 31.9 Å². The van der Waals surface area contributed by atoms with Gasteiger partial charge in [-0.25, -0.2) is 4.79 Å². The van der Waals surface area contributed by atoms with Gasteiger partial charge in [0.15, 0.2) is 0 Å². The summed E-state index contributed by atoms with van der Waals surface area (Å²) in [5, 5.41) is 13.2. The van der Waals surface area contributed by atoms with Crippen molar-refractivity contribution in [2.45, 2.75) is 26.4 Å². The summed E-state index contributed by atoms with van der Waals surface area (Å²) in [7, 11) is 0. The Morgan fingerprint density at radius 2 is 1.79 bits per heavy atom. The van der Waals surface area contributed by atoms with Crippen LogP contribution in [-0.2, 0) is 4.74 Å². The molecule has 8 heteroatoms. The van der Waals surface area contributed by atoms with E-state index in [2.05, 4.69) is 37.2 Å². The third kappa shape index (κ3) is 4.79. The lowest BCUT2D eigenvalue weighted by molar-refractivity contribution is -0.385. The summed E-state index contributed by atoms with van der Waals surface area (Å²) in [6.45, 7) is 5.23. The van der Waals surface area contributed by atoms with Gasteiger partial charge in [-0.2, -0.15) is 0 Å². The molecule has 0 aliphatic heterocycles. The normalized spacial score (nSPS) is 11.0. The third-order valence-corrected chi connectivity index (χ3v) is 3.11. The lowest BCUT2D eigenvalue weighted by Gasteiger charge is -2.20.